The van der Waals surface area contributed by atoms with Gasteiger partial charge in [-0.25, -0.2) is 4.79 Å². The molecule has 160 valence electrons. The van der Waals surface area contributed by atoms with Gasteiger partial charge in [0.05, 0.1) is 29.5 Å². The summed E-state index contributed by atoms with van der Waals surface area (Å²) in [7, 11) is 1.81. The highest BCUT2D eigenvalue weighted by atomic mass is 16.2. The Balaban J connectivity index is 1.49. The smallest absolute Gasteiger partial charge is 0.321 e. The Bertz CT molecular complexity index is 924. The minimum absolute atomic E-state index is 0.126. The summed E-state index contributed by atoms with van der Waals surface area (Å²) in [5.74, 6) is -0.867. The van der Waals surface area contributed by atoms with Gasteiger partial charge in [-0.15, -0.1) is 0 Å². The Morgan fingerprint density at radius 1 is 1.13 bits per heavy atom. The summed E-state index contributed by atoms with van der Waals surface area (Å²) in [5, 5.41) is 12.6. The first-order valence-corrected chi connectivity index (χ1v) is 10.0. The summed E-state index contributed by atoms with van der Waals surface area (Å²) in [6.07, 6.45) is 1.42. The monoisotopic (exact) mass is 412 g/mol. The quantitative estimate of drug-likeness (QED) is 0.698. The average molecular weight is 412 g/mol. The Morgan fingerprint density at radius 3 is 2.53 bits per heavy atom. The molecular weight excluding hydrogens is 384 g/mol. The number of hydrogen-bond donors (Lipinski definition) is 3. The van der Waals surface area contributed by atoms with E-state index in [4.69, 9.17) is 0 Å². The van der Waals surface area contributed by atoms with Crippen molar-refractivity contribution in [3.63, 3.8) is 0 Å². The lowest BCUT2D eigenvalue weighted by molar-refractivity contribution is -0.128. The molecule has 30 heavy (non-hydrogen) atoms. The first-order valence-electron chi connectivity index (χ1n) is 10.0. The maximum Gasteiger partial charge on any atom is 0.321 e. The number of para-hydroxylation sites is 1. The zero-order valence-corrected chi connectivity index (χ0v) is 17.6. The topological polar surface area (TPSA) is 108 Å². The fourth-order valence-corrected chi connectivity index (χ4v) is 3.55. The molecule has 1 aliphatic rings. The van der Waals surface area contributed by atoms with Gasteiger partial charge in [-0.2, -0.15) is 5.10 Å². The molecule has 1 aromatic heterocycles. The van der Waals surface area contributed by atoms with Crippen LogP contribution in [0.15, 0.2) is 30.3 Å². The number of likely N-dealkylation sites (tertiary alicyclic amines) is 1. The SMILES string of the molecule is Cc1nn(C)c(C)c1NC(=O)CNC(=O)[C@@H]1CCCN(C(=O)Nc2ccccc2)C1. The molecule has 0 radical (unpaired) electrons. The maximum atomic E-state index is 12.6. The van der Waals surface area contributed by atoms with Gasteiger partial charge >= 0.3 is 6.03 Å². The molecule has 0 spiro atoms. The number of anilines is 2. The van der Waals surface area contributed by atoms with Crippen LogP contribution >= 0.6 is 0 Å². The predicted octanol–water partition coefficient (Wildman–Crippen LogP) is 2.04. The molecule has 1 atom stereocenters. The number of piperidine rings is 1. The third kappa shape index (κ3) is 5.16. The van der Waals surface area contributed by atoms with Crippen LogP contribution in [0.25, 0.3) is 0 Å². The third-order valence-corrected chi connectivity index (χ3v) is 5.30. The Labute approximate surface area is 175 Å². The fraction of sp³-hybridized carbons (Fsp3) is 0.429. The molecule has 0 saturated carbocycles. The Hall–Kier alpha value is -3.36. The number of urea groups is 1. The number of nitrogens with zero attached hydrogens (tertiary/aromatic N) is 3. The lowest BCUT2D eigenvalue weighted by Crippen LogP contribution is -2.47. The van der Waals surface area contributed by atoms with E-state index in [2.05, 4.69) is 21.0 Å². The number of aromatic nitrogens is 2. The second-order valence-electron chi connectivity index (χ2n) is 7.52. The van der Waals surface area contributed by atoms with Crippen molar-refractivity contribution in [2.24, 2.45) is 13.0 Å². The summed E-state index contributed by atoms with van der Waals surface area (Å²) in [6.45, 7) is 4.48. The van der Waals surface area contributed by atoms with Gasteiger partial charge in [0.15, 0.2) is 0 Å². The van der Waals surface area contributed by atoms with Crippen molar-refractivity contribution in [3.05, 3.63) is 41.7 Å². The van der Waals surface area contributed by atoms with Crippen molar-refractivity contribution in [1.82, 2.24) is 20.0 Å². The van der Waals surface area contributed by atoms with E-state index in [1.54, 1.807) is 9.58 Å². The summed E-state index contributed by atoms with van der Waals surface area (Å²) >= 11 is 0. The highest BCUT2D eigenvalue weighted by molar-refractivity contribution is 5.96. The van der Waals surface area contributed by atoms with Crippen LogP contribution in [-0.4, -0.2) is 52.2 Å². The lowest BCUT2D eigenvalue weighted by Gasteiger charge is -2.32. The van der Waals surface area contributed by atoms with Crippen LogP contribution in [0.2, 0.25) is 0 Å². The van der Waals surface area contributed by atoms with E-state index in [-0.39, 0.29) is 30.3 Å². The largest absolute Gasteiger partial charge is 0.347 e. The van der Waals surface area contributed by atoms with Crippen molar-refractivity contribution >= 4 is 29.2 Å². The number of hydrogen-bond acceptors (Lipinski definition) is 4. The van der Waals surface area contributed by atoms with Crippen LogP contribution in [0.3, 0.4) is 0 Å². The van der Waals surface area contributed by atoms with Crippen LogP contribution in [0, 0.1) is 19.8 Å². The van der Waals surface area contributed by atoms with Crippen molar-refractivity contribution < 1.29 is 14.4 Å². The van der Waals surface area contributed by atoms with Gasteiger partial charge in [0, 0.05) is 25.8 Å². The summed E-state index contributed by atoms with van der Waals surface area (Å²) < 4.78 is 1.70. The molecule has 4 amide bonds. The highest BCUT2D eigenvalue weighted by Gasteiger charge is 2.28. The van der Waals surface area contributed by atoms with E-state index in [0.717, 1.165) is 17.8 Å². The number of aryl methyl sites for hydroxylation is 2. The molecule has 9 nitrogen and oxygen atoms in total. The van der Waals surface area contributed by atoms with Crippen molar-refractivity contribution in [2.45, 2.75) is 26.7 Å². The molecular formula is C21H28N6O3. The van der Waals surface area contributed by atoms with E-state index in [9.17, 15) is 14.4 Å². The molecule has 3 N–H and O–H groups in total. The molecule has 2 aromatic rings. The molecule has 3 rings (SSSR count). The van der Waals surface area contributed by atoms with E-state index < -0.39 is 0 Å². The molecule has 1 aliphatic heterocycles. The van der Waals surface area contributed by atoms with Gasteiger partial charge in [0.25, 0.3) is 0 Å². The second kappa shape index (κ2) is 9.43. The molecule has 9 heteroatoms. The van der Waals surface area contributed by atoms with E-state index in [0.29, 0.717) is 30.9 Å². The molecule has 0 bridgehead atoms. The fourth-order valence-electron chi connectivity index (χ4n) is 3.55. The van der Waals surface area contributed by atoms with E-state index in [1.165, 1.54) is 0 Å². The number of rotatable bonds is 5. The number of nitrogens with one attached hydrogen (secondary N) is 3. The van der Waals surface area contributed by atoms with Gasteiger partial charge in [0.1, 0.15) is 0 Å². The minimum atomic E-state index is -0.338. The van der Waals surface area contributed by atoms with Crippen molar-refractivity contribution in [3.8, 4) is 0 Å². The normalized spacial score (nSPS) is 16.1. The zero-order chi connectivity index (χ0) is 21.7. The molecule has 2 heterocycles. The highest BCUT2D eigenvalue weighted by Crippen LogP contribution is 2.19. The summed E-state index contributed by atoms with van der Waals surface area (Å²) in [5.41, 5.74) is 2.95. The van der Waals surface area contributed by atoms with Gasteiger partial charge < -0.3 is 20.9 Å². The third-order valence-electron chi connectivity index (χ3n) is 5.30. The first kappa shape index (κ1) is 21.4. The Morgan fingerprint density at radius 2 is 1.87 bits per heavy atom. The van der Waals surface area contributed by atoms with Crippen molar-refractivity contribution in [2.75, 3.05) is 30.3 Å². The molecule has 1 aromatic carbocycles. The number of benzene rings is 1. The van der Waals surface area contributed by atoms with Gasteiger partial charge in [-0.3, -0.25) is 14.3 Å². The van der Waals surface area contributed by atoms with E-state index >= 15 is 0 Å². The van der Waals surface area contributed by atoms with Crippen LogP contribution in [0.1, 0.15) is 24.2 Å². The van der Waals surface area contributed by atoms with Crippen LogP contribution < -0.4 is 16.0 Å². The molecule has 1 fully saturated rings. The average Bonchev–Trinajstić information content (AvgIpc) is 2.98. The minimum Gasteiger partial charge on any atom is -0.347 e. The van der Waals surface area contributed by atoms with Gasteiger partial charge in [-0.05, 0) is 38.8 Å². The molecule has 0 aliphatic carbocycles. The second-order valence-corrected chi connectivity index (χ2v) is 7.52. The van der Waals surface area contributed by atoms with E-state index in [1.807, 2.05) is 51.2 Å². The predicted molar refractivity (Wildman–Crippen MR) is 114 cm³/mol. The number of amides is 4. The molecule has 0 unspecified atom stereocenters. The summed E-state index contributed by atoms with van der Waals surface area (Å²) in [6, 6.07) is 8.99. The standard InChI is InChI=1S/C21H28N6O3/c1-14-19(15(2)26(3)25-14)24-18(28)12-22-20(29)16-8-7-11-27(13-16)21(30)23-17-9-5-4-6-10-17/h4-6,9-10,16H,7-8,11-13H2,1-3H3,(H,22,29)(H,23,30)(H,24,28)/t16-/m1/s1. The maximum absolute atomic E-state index is 12.6. The summed E-state index contributed by atoms with van der Waals surface area (Å²) in [4.78, 5) is 38.9. The number of carbonyl (C=O) groups excluding carboxylic acids is 3. The van der Waals surface area contributed by atoms with Crippen LogP contribution in [0.4, 0.5) is 16.2 Å². The van der Waals surface area contributed by atoms with Gasteiger partial charge in [-0.1, -0.05) is 18.2 Å². The van der Waals surface area contributed by atoms with Crippen LogP contribution in [-0.2, 0) is 16.6 Å². The molecule has 1 saturated heterocycles. The van der Waals surface area contributed by atoms with Crippen molar-refractivity contribution in [1.29, 1.82) is 0 Å². The lowest BCUT2D eigenvalue weighted by atomic mass is 9.97. The Kier molecular flexibility index (Phi) is 6.71. The van der Waals surface area contributed by atoms with Crippen LogP contribution in [0.5, 0.6) is 0 Å². The zero-order valence-electron chi connectivity index (χ0n) is 17.6. The first-order chi connectivity index (χ1) is 14.3. The van der Waals surface area contributed by atoms with Gasteiger partial charge in [0.2, 0.25) is 11.8 Å². The number of carbonyl (C=O) groups is 3.